The van der Waals surface area contributed by atoms with Gasteiger partial charge in [0.05, 0.1) is 22.2 Å². The van der Waals surface area contributed by atoms with Crippen molar-refractivity contribution in [3.63, 3.8) is 0 Å². The van der Waals surface area contributed by atoms with Crippen LogP contribution >= 0.6 is 23.4 Å². The van der Waals surface area contributed by atoms with Gasteiger partial charge in [-0.15, -0.1) is 6.42 Å². The first-order chi connectivity index (χ1) is 15.6. The minimum absolute atomic E-state index is 0.0759. The van der Waals surface area contributed by atoms with Crippen LogP contribution in [0.2, 0.25) is 5.02 Å². The van der Waals surface area contributed by atoms with Gasteiger partial charge in [-0.3, -0.25) is 4.79 Å². The molecule has 0 spiro atoms. The van der Waals surface area contributed by atoms with Crippen molar-refractivity contribution in [2.75, 3.05) is 13.2 Å². The smallest absolute Gasteiger partial charge is 0.264 e. The second-order valence-electron chi connectivity index (χ2n) is 6.74. The molecule has 4 rings (SSSR count). The van der Waals surface area contributed by atoms with Gasteiger partial charge in [0.2, 0.25) is 0 Å². The van der Waals surface area contributed by atoms with Gasteiger partial charge in [0.25, 0.3) is 5.91 Å². The average Bonchev–Trinajstić information content (AvgIpc) is 3.12. The van der Waals surface area contributed by atoms with Crippen LogP contribution in [0.5, 0.6) is 11.5 Å². The van der Waals surface area contributed by atoms with Crippen LogP contribution in [0, 0.1) is 12.3 Å². The zero-order valence-corrected chi connectivity index (χ0v) is 18.8. The zero-order chi connectivity index (χ0) is 22.5. The molecule has 160 valence electrons. The van der Waals surface area contributed by atoms with Crippen LogP contribution in [0.3, 0.4) is 0 Å². The number of hydrogen-bond acceptors (Lipinski definition) is 5. The third kappa shape index (κ3) is 4.75. The number of amidine groups is 1. The first kappa shape index (κ1) is 21.8. The fraction of sp³-hybridized carbons (Fsp3) is 0.120. The van der Waals surface area contributed by atoms with Crippen molar-refractivity contribution in [2.24, 2.45) is 4.99 Å². The van der Waals surface area contributed by atoms with E-state index in [1.54, 1.807) is 18.2 Å². The number of hydrogen-bond donors (Lipinski definition) is 1. The number of terminal acetylenes is 1. The molecular weight excluding hydrogens is 444 g/mol. The Kier molecular flexibility index (Phi) is 6.69. The molecule has 1 heterocycles. The summed E-state index contributed by atoms with van der Waals surface area (Å²) in [5.41, 5.74) is 1.50. The van der Waals surface area contributed by atoms with Gasteiger partial charge in [-0.1, -0.05) is 53.9 Å². The van der Waals surface area contributed by atoms with E-state index in [1.165, 1.54) is 11.8 Å². The van der Waals surface area contributed by atoms with E-state index in [-0.39, 0.29) is 12.5 Å². The number of benzene rings is 3. The molecule has 0 saturated carbocycles. The lowest BCUT2D eigenvalue weighted by molar-refractivity contribution is -0.115. The first-order valence-electron chi connectivity index (χ1n) is 9.89. The number of rotatable bonds is 6. The molecule has 1 amide bonds. The number of aliphatic imine (C=N–C) groups is 1. The largest absolute Gasteiger partial charge is 0.490 e. The summed E-state index contributed by atoms with van der Waals surface area (Å²) in [6, 6.07) is 17.4. The van der Waals surface area contributed by atoms with Gasteiger partial charge in [-0.25, -0.2) is 4.99 Å². The quantitative estimate of drug-likeness (QED) is 0.371. The van der Waals surface area contributed by atoms with E-state index in [1.807, 2.05) is 49.4 Å². The molecule has 32 heavy (non-hydrogen) atoms. The van der Waals surface area contributed by atoms with Gasteiger partial charge < -0.3 is 14.8 Å². The monoisotopic (exact) mass is 462 g/mol. The summed E-state index contributed by atoms with van der Waals surface area (Å²) in [5.74, 6) is 3.04. The maximum Gasteiger partial charge on any atom is 0.264 e. The van der Waals surface area contributed by atoms with Crippen LogP contribution in [0.25, 0.3) is 16.8 Å². The van der Waals surface area contributed by atoms with Crippen LogP contribution in [0.15, 0.2) is 64.5 Å². The van der Waals surface area contributed by atoms with Crippen molar-refractivity contribution in [1.29, 1.82) is 0 Å². The van der Waals surface area contributed by atoms with Crippen molar-refractivity contribution in [2.45, 2.75) is 6.92 Å². The molecular formula is C25H19ClN2O3S. The average molecular weight is 463 g/mol. The van der Waals surface area contributed by atoms with Gasteiger partial charge in [-0.05, 0) is 53.9 Å². The van der Waals surface area contributed by atoms with Crippen molar-refractivity contribution < 1.29 is 14.3 Å². The number of carbonyl (C=O) groups is 1. The molecule has 3 aromatic rings. The lowest BCUT2D eigenvalue weighted by atomic mass is 10.1. The maximum atomic E-state index is 12.6. The lowest BCUT2D eigenvalue weighted by Crippen LogP contribution is -2.19. The van der Waals surface area contributed by atoms with E-state index in [4.69, 9.17) is 27.5 Å². The van der Waals surface area contributed by atoms with E-state index in [2.05, 4.69) is 16.2 Å². The number of ether oxygens (including phenoxy) is 2. The summed E-state index contributed by atoms with van der Waals surface area (Å²) in [4.78, 5) is 17.7. The second kappa shape index (κ2) is 9.82. The molecule has 0 unspecified atom stereocenters. The van der Waals surface area contributed by atoms with Crippen molar-refractivity contribution in [3.05, 3.63) is 70.1 Å². The Labute approximate surface area is 195 Å². The molecule has 0 aliphatic carbocycles. The Morgan fingerprint density at radius 3 is 2.81 bits per heavy atom. The standard InChI is InChI=1S/C25H19ClN2O3S/c1-3-12-31-23-19(26)13-16(14-21(23)30-4-2)15-22-24(29)28-25(32-22)27-20-11-7-9-17-8-5-6-10-18(17)20/h1,5-11,13-15H,4,12H2,2H3,(H,27,28,29)/b22-15-. The van der Waals surface area contributed by atoms with Gasteiger partial charge in [0, 0.05) is 5.39 Å². The van der Waals surface area contributed by atoms with Gasteiger partial charge in [0.15, 0.2) is 16.7 Å². The molecule has 1 aliphatic rings. The Bertz CT molecular complexity index is 1290. The molecule has 5 nitrogen and oxygen atoms in total. The highest BCUT2D eigenvalue weighted by Gasteiger charge is 2.24. The van der Waals surface area contributed by atoms with Crippen LogP contribution in [-0.2, 0) is 4.79 Å². The summed E-state index contributed by atoms with van der Waals surface area (Å²) in [6.45, 7) is 2.37. The lowest BCUT2D eigenvalue weighted by Gasteiger charge is -2.13. The summed E-state index contributed by atoms with van der Waals surface area (Å²) in [5, 5.41) is 5.80. The van der Waals surface area contributed by atoms with Crippen LogP contribution < -0.4 is 14.8 Å². The molecule has 3 aromatic carbocycles. The SMILES string of the molecule is C#CCOc1c(Cl)cc(/C=C2\SC(=Nc3cccc4ccccc34)NC2=O)cc1OCC. The van der Waals surface area contributed by atoms with Gasteiger partial charge >= 0.3 is 0 Å². The first-order valence-corrected chi connectivity index (χ1v) is 11.1. The Morgan fingerprint density at radius 1 is 1.19 bits per heavy atom. The van der Waals surface area contributed by atoms with Crippen molar-refractivity contribution in [1.82, 2.24) is 5.32 Å². The molecule has 1 fully saturated rings. The third-order valence-electron chi connectivity index (χ3n) is 4.57. The topological polar surface area (TPSA) is 59.9 Å². The molecule has 0 aromatic heterocycles. The number of fused-ring (bicyclic) bond motifs is 1. The summed E-state index contributed by atoms with van der Waals surface area (Å²) >= 11 is 7.65. The highest BCUT2D eigenvalue weighted by atomic mass is 35.5. The number of halogens is 1. The van der Waals surface area contributed by atoms with Crippen molar-refractivity contribution in [3.8, 4) is 23.8 Å². The molecule has 7 heteroatoms. The van der Waals surface area contributed by atoms with Gasteiger partial charge in [0.1, 0.15) is 6.61 Å². The minimum Gasteiger partial charge on any atom is -0.490 e. The number of nitrogens with zero attached hydrogens (tertiary/aromatic N) is 1. The highest BCUT2D eigenvalue weighted by molar-refractivity contribution is 8.18. The van der Waals surface area contributed by atoms with Crippen LogP contribution in [0.4, 0.5) is 5.69 Å². The number of nitrogens with one attached hydrogen (secondary N) is 1. The Hall–Kier alpha value is -3.40. The molecule has 0 atom stereocenters. The van der Waals surface area contributed by atoms with E-state index in [0.29, 0.717) is 38.8 Å². The van der Waals surface area contributed by atoms with E-state index in [0.717, 1.165) is 16.5 Å². The molecule has 0 radical (unpaired) electrons. The number of amides is 1. The molecule has 1 saturated heterocycles. The number of thioether (sulfide) groups is 1. The molecule has 1 N–H and O–H groups in total. The molecule has 1 aliphatic heterocycles. The summed E-state index contributed by atoms with van der Waals surface area (Å²) in [7, 11) is 0. The summed E-state index contributed by atoms with van der Waals surface area (Å²) < 4.78 is 11.2. The van der Waals surface area contributed by atoms with Crippen molar-refractivity contribution >= 4 is 57.0 Å². The van der Waals surface area contributed by atoms with Gasteiger partial charge in [-0.2, -0.15) is 0 Å². The predicted octanol–water partition coefficient (Wildman–Crippen LogP) is 5.80. The highest BCUT2D eigenvalue weighted by Crippen LogP contribution is 2.38. The molecule has 0 bridgehead atoms. The van der Waals surface area contributed by atoms with E-state index >= 15 is 0 Å². The van der Waals surface area contributed by atoms with Crippen LogP contribution in [0.1, 0.15) is 12.5 Å². The zero-order valence-electron chi connectivity index (χ0n) is 17.2. The summed E-state index contributed by atoms with van der Waals surface area (Å²) in [6.07, 6.45) is 7.02. The normalized spacial score (nSPS) is 15.7. The third-order valence-corrected chi connectivity index (χ3v) is 5.76. The Morgan fingerprint density at radius 2 is 2.00 bits per heavy atom. The second-order valence-corrected chi connectivity index (χ2v) is 8.17. The minimum atomic E-state index is -0.226. The number of carbonyl (C=O) groups excluding carboxylic acids is 1. The van der Waals surface area contributed by atoms with Crippen LogP contribution in [-0.4, -0.2) is 24.3 Å². The fourth-order valence-corrected chi connectivity index (χ4v) is 4.34. The Balaban J connectivity index is 1.63. The maximum absolute atomic E-state index is 12.6. The van der Waals surface area contributed by atoms with E-state index in [9.17, 15) is 4.79 Å². The predicted molar refractivity (Wildman–Crippen MR) is 132 cm³/mol. The van der Waals surface area contributed by atoms with E-state index < -0.39 is 0 Å². The fourth-order valence-electron chi connectivity index (χ4n) is 3.24.